The number of nitro benzene ring substituents is 1. The molecule has 1 aromatic heterocycles. The molecule has 3 heterocycles. The molecule has 1 saturated heterocycles. The highest BCUT2D eigenvalue weighted by Gasteiger charge is 2.57. The number of nitrogens with zero attached hydrogens (tertiary/aromatic N) is 3. The van der Waals surface area contributed by atoms with Gasteiger partial charge in [-0.2, -0.15) is 0 Å². The molecule has 1 fully saturated rings. The number of hydrogen-bond acceptors (Lipinski definition) is 9. The molecule has 2 aliphatic heterocycles. The molecule has 3 amide bonds. The molecule has 2 aliphatic rings. The number of rotatable bonds is 7. The Kier molecular flexibility index (Phi) is 7.54. The highest BCUT2D eigenvalue weighted by atomic mass is 35.5. The van der Waals surface area contributed by atoms with Gasteiger partial charge in [-0.3, -0.25) is 33.9 Å². The van der Waals surface area contributed by atoms with Crippen molar-refractivity contribution in [3.8, 4) is 5.75 Å². The van der Waals surface area contributed by atoms with Crippen LogP contribution in [0.25, 0.3) is 0 Å². The van der Waals surface area contributed by atoms with Crippen LogP contribution in [0.1, 0.15) is 16.4 Å². The maximum Gasteiger partial charge on any atom is 0.308 e. The van der Waals surface area contributed by atoms with Gasteiger partial charge in [0, 0.05) is 39.2 Å². The predicted molar refractivity (Wildman–Crippen MR) is 162 cm³/mol. The van der Waals surface area contributed by atoms with Gasteiger partial charge in [-0.05, 0) is 42.5 Å². The number of fused-ring (bicyclic) bond motifs is 2. The Morgan fingerprint density at radius 2 is 1.72 bits per heavy atom. The van der Waals surface area contributed by atoms with Gasteiger partial charge >= 0.3 is 4.87 Å². The molecule has 1 N–H and O–H groups in total. The van der Waals surface area contributed by atoms with Gasteiger partial charge in [-0.1, -0.05) is 52.9 Å². The number of benzene rings is 3. The Bertz CT molecular complexity index is 1840. The molecule has 14 heteroatoms. The van der Waals surface area contributed by atoms with E-state index in [0.717, 1.165) is 28.0 Å². The molecule has 4 aromatic rings. The van der Waals surface area contributed by atoms with E-state index in [1.54, 1.807) is 48.5 Å². The summed E-state index contributed by atoms with van der Waals surface area (Å²) in [5, 5.41) is 13.9. The topological polar surface area (TPSA) is 141 Å². The van der Waals surface area contributed by atoms with E-state index in [1.165, 1.54) is 35.9 Å². The second-order valence-corrected chi connectivity index (χ2v) is 12.3. The minimum Gasteiger partial charge on any atom is -0.496 e. The molecule has 0 unspecified atom stereocenters. The largest absolute Gasteiger partial charge is 0.496 e. The average molecular weight is 637 g/mol. The third-order valence-electron chi connectivity index (χ3n) is 7.27. The minimum absolute atomic E-state index is 0.176. The zero-order chi connectivity index (χ0) is 30.4. The van der Waals surface area contributed by atoms with E-state index in [1.807, 2.05) is 0 Å². The number of para-hydroxylation sites is 1. The summed E-state index contributed by atoms with van der Waals surface area (Å²) in [6.07, 6.45) is 0. The first-order valence-electron chi connectivity index (χ1n) is 12.9. The first-order chi connectivity index (χ1) is 20.7. The highest BCUT2D eigenvalue weighted by molar-refractivity contribution is 8.00. The van der Waals surface area contributed by atoms with Crippen molar-refractivity contribution in [3.63, 3.8) is 0 Å². The second kappa shape index (κ2) is 11.3. The number of non-ortho nitro benzene ring substituents is 1. The Labute approximate surface area is 257 Å². The molecule has 218 valence electrons. The third kappa shape index (κ3) is 5.09. The molecule has 0 bridgehead atoms. The summed E-state index contributed by atoms with van der Waals surface area (Å²) in [6.45, 7) is -0.315. The molecular formula is C29H21ClN4O7S2. The van der Waals surface area contributed by atoms with Gasteiger partial charge in [0.05, 0.1) is 28.7 Å². The minimum atomic E-state index is -0.926. The Morgan fingerprint density at radius 1 is 1.02 bits per heavy atom. The second-order valence-electron chi connectivity index (χ2n) is 9.75. The lowest BCUT2D eigenvalue weighted by Gasteiger charge is -2.31. The van der Waals surface area contributed by atoms with Crippen molar-refractivity contribution in [2.24, 2.45) is 5.92 Å². The monoisotopic (exact) mass is 636 g/mol. The van der Waals surface area contributed by atoms with Crippen molar-refractivity contribution in [3.05, 3.63) is 108 Å². The van der Waals surface area contributed by atoms with E-state index >= 15 is 0 Å². The number of methoxy groups -OCH3 is 1. The van der Waals surface area contributed by atoms with Crippen molar-refractivity contribution in [2.45, 2.75) is 22.7 Å². The van der Waals surface area contributed by atoms with E-state index in [2.05, 4.69) is 5.32 Å². The summed E-state index contributed by atoms with van der Waals surface area (Å²) in [5.41, 5.74) is 1.15. The number of halogens is 1. The van der Waals surface area contributed by atoms with Gasteiger partial charge in [-0.25, -0.2) is 4.90 Å². The van der Waals surface area contributed by atoms with Gasteiger partial charge in [-0.15, -0.1) is 0 Å². The van der Waals surface area contributed by atoms with E-state index in [0.29, 0.717) is 31.9 Å². The van der Waals surface area contributed by atoms with Crippen molar-refractivity contribution < 1.29 is 24.0 Å². The summed E-state index contributed by atoms with van der Waals surface area (Å²) in [4.78, 5) is 66.0. The van der Waals surface area contributed by atoms with Gasteiger partial charge in [0.15, 0.2) is 0 Å². The molecule has 0 spiro atoms. The fourth-order valence-electron chi connectivity index (χ4n) is 5.37. The summed E-state index contributed by atoms with van der Waals surface area (Å²) >= 11 is 7.92. The molecule has 0 aliphatic carbocycles. The summed E-state index contributed by atoms with van der Waals surface area (Å²) in [5.74, 6) is -2.61. The van der Waals surface area contributed by atoms with E-state index in [4.69, 9.17) is 16.3 Å². The van der Waals surface area contributed by atoms with Crippen LogP contribution in [0.2, 0.25) is 5.02 Å². The summed E-state index contributed by atoms with van der Waals surface area (Å²) in [7, 11) is 1.49. The molecule has 6 rings (SSSR count). The Morgan fingerprint density at radius 3 is 2.40 bits per heavy atom. The van der Waals surface area contributed by atoms with E-state index in [9.17, 15) is 29.3 Å². The molecule has 0 radical (unpaired) electrons. The van der Waals surface area contributed by atoms with Crippen molar-refractivity contribution in [1.29, 1.82) is 0 Å². The lowest BCUT2D eigenvalue weighted by atomic mass is 9.82. The quantitative estimate of drug-likeness (QED) is 0.171. The molecule has 3 aromatic carbocycles. The SMILES string of the molecule is COc1ccccc1[C@@H]1c2sc(=O)n(CC(=O)Nc3ccc(Cl)cc3)c2S[C@H]2C(=O)N(c3ccc([N+](=O)[O-])cc3)C(=O)[C@@H]12. The Hall–Kier alpha value is -4.46. The van der Waals surface area contributed by atoms with Crippen LogP contribution in [0.5, 0.6) is 5.75 Å². The van der Waals surface area contributed by atoms with Gasteiger partial charge in [0.25, 0.3) is 5.69 Å². The number of hydrogen-bond donors (Lipinski definition) is 1. The van der Waals surface area contributed by atoms with Crippen molar-refractivity contribution in [2.75, 3.05) is 17.3 Å². The number of aromatic nitrogens is 1. The van der Waals surface area contributed by atoms with Crippen LogP contribution in [0.4, 0.5) is 17.1 Å². The zero-order valence-corrected chi connectivity index (χ0v) is 24.7. The van der Waals surface area contributed by atoms with Crippen LogP contribution >= 0.6 is 34.7 Å². The van der Waals surface area contributed by atoms with E-state index in [-0.39, 0.29) is 17.9 Å². The van der Waals surface area contributed by atoms with Crippen LogP contribution in [-0.4, -0.2) is 39.6 Å². The number of imide groups is 1. The average Bonchev–Trinajstić information content (AvgIpc) is 3.44. The van der Waals surface area contributed by atoms with Crippen molar-refractivity contribution in [1.82, 2.24) is 4.57 Å². The molecule has 43 heavy (non-hydrogen) atoms. The molecular weight excluding hydrogens is 616 g/mol. The standard InChI is InChI=1S/C29H21ClN4O7S2/c1-41-20-5-3-2-4-19(20)22-23-24(27(37)33(26(23)36)17-10-12-18(13-11-17)34(39)40)42-28-25(22)43-29(38)32(28)14-21(35)31-16-8-6-15(30)7-9-16/h2-13,22-24H,14H2,1H3,(H,31,35)/t22-,23-,24+/m0/s1. The third-order valence-corrected chi connectivity index (χ3v) is 10.1. The van der Waals surface area contributed by atoms with Crippen LogP contribution in [0, 0.1) is 16.0 Å². The summed E-state index contributed by atoms with van der Waals surface area (Å²) < 4.78 is 6.93. The maximum absolute atomic E-state index is 14.0. The maximum atomic E-state index is 14.0. The number of ether oxygens (including phenoxy) is 1. The van der Waals surface area contributed by atoms with Gasteiger partial charge < -0.3 is 10.1 Å². The number of nitrogens with one attached hydrogen (secondary N) is 1. The molecule has 11 nitrogen and oxygen atoms in total. The molecule has 3 atom stereocenters. The van der Waals surface area contributed by atoms with Crippen LogP contribution in [0.15, 0.2) is 82.6 Å². The first kappa shape index (κ1) is 28.6. The van der Waals surface area contributed by atoms with Crippen molar-refractivity contribution >= 4 is 69.5 Å². The fourth-order valence-corrected chi connectivity index (χ4v) is 8.26. The number of carbonyl (C=O) groups is 3. The number of anilines is 2. The van der Waals surface area contributed by atoms with Gasteiger partial charge in [0.2, 0.25) is 17.7 Å². The fraction of sp³-hybridized carbons (Fsp3) is 0.172. The van der Waals surface area contributed by atoms with E-state index < -0.39 is 44.6 Å². The number of amides is 3. The Balaban J connectivity index is 1.42. The highest BCUT2D eigenvalue weighted by Crippen LogP contribution is 2.55. The lowest BCUT2D eigenvalue weighted by molar-refractivity contribution is -0.384. The molecule has 0 saturated carbocycles. The van der Waals surface area contributed by atoms with Crippen LogP contribution in [0.3, 0.4) is 0 Å². The van der Waals surface area contributed by atoms with Gasteiger partial charge in [0.1, 0.15) is 17.5 Å². The number of thiazole rings is 1. The first-order valence-corrected chi connectivity index (χ1v) is 15.0. The van der Waals surface area contributed by atoms with Crippen LogP contribution in [-0.2, 0) is 20.9 Å². The lowest BCUT2D eigenvalue weighted by Crippen LogP contribution is -2.33. The number of thioether (sulfide) groups is 1. The zero-order valence-electron chi connectivity index (χ0n) is 22.3. The normalized spacial score (nSPS) is 19.1. The number of carbonyl (C=O) groups excluding carboxylic acids is 3. The smallest absolute Gasteiger partial charge is 0.308 e. The summed E-state index contributed by atoms with van der Waals surface area (Å²) in [6, 6.07) is 18.8. The predicted octanol–water partition coefficient (Wildman–Crippen LogP) is 4.91. The number of nitro groups is 1. The van der Waals surface area contributed by atoms with Crippen LogP contribution < -0.4 is 19.8 Å².